The molecule has 0 bridgehead atoms. The second-order valence-electron chi connectivity index (χ2n) is 7.64. The quantitative estimate of drug-likeness (QED) is 0.214. The molecule has 0 saturated heterocycles. The van der Waals surface area contributed by atoms with Crippen molar-refractivity contribution < 1.29 is 54.0 Å². The Kier molecular flexibility index (Phi) is 10.00. The molecule has 9 nitrogen and oxygen atoms in total. The van der Waals surface area contributed by atoms with Crippen molar-refractivity contribution in [2.45, 2.75) is 50.3 Å². The highest BCUT2D eigenvalue weighted by atomic mass is 32.2. The van der Waals surface area contributed by atoms with Crippen molar-refractivity contribution in [3.63, 3.8) is 0 Å². The van der Waals surface area contributed by atoms with Crippen molar-refractivity contribution in [2.75, 3.05) is 23.9 Å². The highest BCUT2D eigenvalue weighted by molar-refractivity contribution is 7.86. The van der Waals surface area contributed by atoms with Gasteiger partial charge in [-0.1, -0.05) is 19.0 Å². The number of alkyl halides is 5. The van der Waals surface area contributed by atoms with Crippen molar-refractivity contribution in [3.8, 4) is 0 Å². The summed E-state index contributed by atoms with van der Waals surface area (Å²) in [4.78, 5) is 39.2. The van der Waals surface area contributed by atoms with E-state index in [1.807, 2.05) is 0 Å². The fourth-order valence-corrected chi connectivity index (χ4v) is 3.94. The summed E-state index contributed by atoms with van der Waals surface area (Å²) in [7, 11) is 12.9. The molecule has 0 aliphatic heterocycles. The van der Waals surface area contributed by atoms with Gasteiger partial charge in [-0.3, -0.25) is 14.1 Å². The highest BCUT2D eigenvalue weighted by Crippen LogP contribution is 2.43. The second kappa shape index (κ2) is 11.4. The minimum absolute atomic E-state index is 0.00323. The van der Waals surface area contributed by atoms with Gasteiger partial charge in [-0.25, -0.2) is 4.79 Å². The average molecular weight is 548 g/mol. The number of halogens is 5. The number of carbonyl (C=O) groups is 3. The number of nitrogens with zero attached hydrogens (tertiary/aromatic N) is 2. The standard InChI is InChI=1S/C19H20B3F5N2O7S/c1-8(30)28(3)14-10(5-20)13(11(6-21)15(12(14)7-22)29(4)9(2)31)16(32)36-17(18(23,24)25)19(26,27)37(33,34)35/h17H,5-7H2,1-4H3,(H,33,34,35). The van der Waals surface area contributed by atoms with Crippen molar-refractivity contribution in [3.05, 3.63) is 22.3 Å². The van der Waals surface area contributed by atoms with Gasteiger partial charge in [0.2, 0.25) is 11.8 Å². The van der Waals surface area contributed by atoms with Gasteiger partial charge in [-0.05, 0) is 16.7 Å². The molecule has 1 aromatic rings. The van der Waals surface area contributed by atoms with E-state index in [9.17, 15) is 44.8 Å². The lowest BCUT2D eigenvalue weighted by atomic mass is 9.78. The number of hydrogen-bond acceptors (Lipinski definition) is 6. The van der Waals surface area contributed by atoms with Gasteiger partial charge in [0.1, 0.15) is 0 Å². The van der Waals surface area contributed by atoms with Crippen molar-refractivity contribution >= 4 is 62.8 Å². The molecule has 0 aliphatic carbocycles. The van der Waals surface area contributed by atoms with Crippen molar-refractivity contribution in [1.29, 1.82) is 0 Å². The van der Waals surface area contributed by atoms with E-state index in [1.54, 1.807) is 0 Å². The van der Waals surface area contributed by atoms with Gasteiger partial charge in [-0.2, -0.15) is 30.4 Å². The molecule has 0 spiro atoms. The Labute approximate surface area is 213 Å². The lowest BCUT2D eigenvalue weighted by Gasteiger charge is -2.33. The molecule has 0 heterocycles. The number of hydrogen-bond donors (Lipinski definition) is 1. The molecule has 1 N–H and O–H groups in total. The molecule has 0 aromatic heterocycles. The number of ether oxygens (including phenoxy) is 1. The van der Waals surface area contributed by atoms with Crippen LogP contribution in [0.4, 0.5) is 33.3 Å². The number of amides is 2. The molecule has 2 amide bonds. The summed E-state index contributed by atoms with van der Waals surface area (Å²) in [5.41, 5.74) is -2.25. The summed E-state index contributed by atoms with van der Waals surface area (Å²) < 4.78 is 103. The van der Waals surface area contributed by atoms with E-state index in [0.29, 0.717) is 0 Å². The van der Waals surface area contributed by atoms with E-state index in [2.05, 4.69) is 4.74 Å². The Morgan fingerprint density at radius 3 is 1.46 bits per heavy atom. The Hall–Kier alpha value is -2.62. The zero-order valence-corrected chi connectivity index (χ0v) is 20.8. The largest absolute Gasteiger partial charge is 0.441 e. The topological polar surface area (TPSA) is 121 Å². The van der Waals surface area contributed by atoms with Crippen LogP contribution < -0.4 is 9.80 Å². The van der Waals surface area contributed by atoms with Gasteiger partial charge in [0.05, 0.1) is 40.5 Å². The van der Waals surface area contributed by atoms with Crippen LogP contribution in [-0.2, 0) is 43.4 Å². The van der Waals surface area contributed by atoms with Crippen molar-refractivity contribution in [1.82, 2.24) is 0 Å². The third-order valence-corrected chi connectivity index (χ3v) is 6.25. The van der Waals surface area contributed by atoms with Crippen LogP contribution in [0.15, 0.2) is 0 Å². The lowest BCUT2D eigenvalue weighted by molar-refractivity contribution is -0.248. The maximum Gasteiger partial charge on any atom is 0.432 e. The summed E-state index contributed by atoms with van der Waals surface area (Å²) in [6.07, 6.45) is -12.7. The summed E-state index contributed by atoms with van der Waals surface area (Å²) in [6.45, 7) is 2.13. The Morgan fingerprint density at radius 2 is 1.22 bits per heavy atom. The Bertz CT molecular complexity index is 1150. The van der Waals surface area contributed by atoms with Crippen LogP contribution in [0, 0.1) is 0 Å². The van der Waals surface area contributed by atoms with Crippen LogP contribution >= 0.6 is 0 Å². The fourth-order valence-electron chi connectivity index (χ4n) is 3.48. The summed E-state index contributed by atoms with van der Waals surface area (Å²) >= 11 is 0. The molecule has 0 fully saturated rings. The number of anilines is 2. The molecule has 1 aromatic carbocycles. The predicted molar refractivity (Wildman–Crippen MR) is 125 cm³/mol. The first-order chi connectivity index (χ1) is 16.7. The van der Waals surface area contributed by atoms with E-state index in [0.717, 1.165) is 23.6 Å². The molecule has 6 radical (unpaired) electrons. The van der Waals surface area contributed by atoms with Crippen LogP contribution in [0.2, 0.25) is 0 Å². The molecule has 0 aliphatic rings. The van der Waals surface area contributed by atoms with E-state index in [4.69, 9.17) is 28.1 Å². The molecule has 18 heteroatoms. The number of benzene rings is 1. The lowest BCUT2D eigenvalue weighted by Crippen LogP contribution is -2.52. The van der Waals surface area contributed by atoms with Gasteiger partial charge in [0.25, 0.3) is 6.10 Å². The summed E-state index contributed by atoms with van der Waals surface area (Å²) in [5.74, 6) is -3.55. The Morgan fingerprint density at radius 1 is 0.865 bits per heavy atom. The predicted octanol–water partition coefficient (Wildman–Crippen LogP) is 1.23. The average Bonchev–Trinajstić information content (AvgIpc) is 2.77. The van der Waals surface area contributed by atoms with Crippen molar-refractivity contribution in [2.24, 2.45) is 0 Å². The first kappa shape index (κ1) is 32.4. The molecule has 1 atom stereocenters. The smallest absolute Gasteiger partial charge is 0.432 e. The van der Waals surface area contributed by atoms with E-state index >= 15 is 0 Å². The maximum atomic E-state index is 14.1. The number of carbonyl (C=O) groups excluding carboxylic acids is 3. The fraction of sp³-hybridized carbons (Fsp3) is 0.526. The third kappa shape index (κ3) is 6.28. The summed E-state index contributed by atoms with van der Waals surface area (Å²) in [6, 6.07) is 0. The third-order valence-electron chi connectivity index (χ3n) is 5.35. The maximum absolute atomic E-state index is 14.1. The van der Waals surface area contributed by atoms with E-state index in [1.165, 1.54) is 14.1 Å². The monoisotopic (exact) mass is 548 g/mol. The Balaban J connectivity index is 4.22. The first-order valence-corrected chi connectivity index (χ1v) is 11.6. The number of rotatable bonds is 9. The van der Waals surface area contributed by atoms with Crippen LogP contribution in [0.5, 0.6) is 0 Å². The van der Waals surface area contributed by atoms with Gasteiger partial charge < -0.3 is 14.5 Å². The normalized spacial score (nSPS) is 13.1. The minimum atomic E-state index is -6.72. The molecular weight excluding hydrogens is 528 g/mol. The SMILES string of the molecule is [B]Cc1c(C(=O)OC(C(F)(F)F)C(F)(F)S(=O)(=O)O)c(C[B])c(N(C)C(C)=O)c(C[B])c1N(C)C(C)=O. The van der Waals surface area contributed by atoms with Crippen LogP contribution in [0.25, 0.3) is 0 Å². The zero-order valence-electron chi connectivity index (χ0n) is 20.0. The summed E-state index contributed by atoms with van der Waals surface area (Å²) in [5, 5.41) is -6.01. The molecule has 1 rings (SSSR count). The van der Waals surface area contributed by atoms with Gasteiger partial charge in [0.15, 0.2) is 0 Å². The van der Waals surface area contributed by atoms with Gasteiger partial charge in [-0.15, -0.1) is 0 Å². The molecule has 198 valence electrons. The first-order valence-electron chi connectivity index (χ1n) is 10.1. The van der Waals surface area contributed by atoms with Gasteiger partial charge in [0, 0.05) is 27.9 Å². The van der Waals surface area contributed by atoms with Crippen LogP contribution in [0.1, 0.15) is 40.9 Å². The highest BCUT2D eigenvalue weighted by Gasteiger charge is 2.66. The minimum Gasteiger partial charge on any atom is -0.441 e. The van der Waals surface area contributed by atoms with E-state index in [-0.39, 0.29) is 16.9 Å². The molecule has 37 heavy (non-hydrogen) atoms. The van der Waals surface area contributed by atoms with Crippen LogP contribution in [-0.4, -0.2) is 85.9 Å². The second-order valence-corrected chi connectivity index (χ2v) is 9.13. The molecule has 1 unspecified atom stereocenters. The molecular formula is C19H20B3F5N2O7S. The van der Waals surface area contributed by atoms with Gasteiger partial charge >= 0.3 is 27.5 Å². The zero-order chi connectivity index (χ0) is 29.3. The van der Waals surface area contributed by atoms with Crippen LogP contribution in [0.3, 0.4) is 0 Å². The molecule has 0 saturated carbocycles. The van der Waals surface area contributed by atoms with E-state index < -0.39 is 81.1 Å². The number of esters is 1.